The normalized spacial score (nSPS) is 11.2. The number of benzene rings is 2. The quantitative estimate of drug-likeness (QED) is 0.202. The molecule has 0 spiro atoms. The van der Waals surface area contributed by atoms with Crippen LogP contribution >= 0.6 is 0 Å². The van der Waals surface area contributed by atoms with Crippen LogP contribution < -0.4 is 10.5 Å². The number of rotatable bonds is 7. The summed E-state index contributed by atoms with van der Waals surface area (Å²) in [5, 5.41) is 30.1. The predicted octanol–water partition coefficient (Wildman–Crippen LogP) is 1.16. The maximum absolute atomic E-state index is 12.2. The fraction of sp³-hybridized carbons (Fsp3) is 0.0625. The molecule has 2 aromatic rings. The molecule has 30 heavy (non-hydrogen) atoms. The van der Waals surface area contributed by atoms with E-state index in [1.54, 1.807) is 18.2 Å². The Labute approximate surface area is 180 Å². The average Bonchev–Trinajstić information content (AvgIpc) is 2.62. The Morgan fingerprint density at radius 2 is 1.77 bits per heavy atom. The van der Waals surface area contributed by atoms with E-state index >= 15 is 0 Å². The van der Waals surface area contributed by atoms with Crippen LogP contribution in [0.1, 0.15) is 6.92 Å². The summed E-state index contributed by atoms with van der Waals surface area (Å²) < 4.78 is 33.5. The van der Waals surface area contributed by atoms with Crippen molar-refractivity contribution in [3.8, 4) is 5.75 Å². The summed E-state index contributed by atoms with van der Waals surface area (Å²) in [7, 11) is -5.33. The summed E-state index contributed by atoms with van der Waals surface area (Å²) in [5.74, 6) is -3.34. The summed E-state index contributed by atoms with van der Waals surface area (Å²) in [6.45, 7) is 0.984. The smallest absolute Gasteiger partial charge is 0.870 e. The van der Waals surface area contributed by atoms with Crippen molar-refractivity contribution in [3.63, 3.8) is 0 Å². The van der Waals surface area contributed by atoms with E-state index in [2.05, 4.69) is 10.4 Å². The van der Waals surface area contributed by atoms with Gasteiger partial charge in [-0.1, -0.05) is 36.1 Å². The van der Waals surface area contributed by atoms with Crippen LogP contribution in [0.25, 0.3) is 5.32 Å². The van der Waals surface area contributed by atoms with Gasteiger partial charge in [0.15, 0.2) is 11.5 Å². The number of hydrogen-bond acceptors (Lipinski definition) is 10. The van der Waals surface area contributed by atoms with Crippen LogP contribution in [0.15, 0.2) is 52.5 Å². The van der Waals surface area contributed by atoms with Gasteiger partial charge in [-0.15, -0.1) is 5.69 Å². The largest absolute Gasteiger partial charge is 3.00 e. The van der Waals surface area contributed by atoms with E-state index in [0.29, 0.717) is 12.1 Å². The molecule has 1 radical (unpaired) electrons. The second-order valence-corrected chi connectivity index (χ2v) is 6.76. The number of nitro benzene ring substituents is 1. The van der Waals surface area contributed by atoms with Gasteiger partial charge in [-0.25, -0.2) is 8.42 Å². The van der Waals surface area contributed by atoms with Gasteiger partial charge < -0.3 is 19.8 Å². The first-order chi connectivity index (χ1) is 13.5. The van der Waals surface area contributed by atoms with Gasteiger partial charge >= 0.3 is 17.4 Å². The third-order valence-corrected chi connectivity index (χ3v) is 4.17. The number of hydrazone groups is 1. The summed E-state index contributed by atoms with van der Waals surface area (Å²) in [6.07, 6.45) is 0. The zero-order valence-corrected chi connectivity index (χ0v) is 17.1. The van der Waals surface area contributed by atoms with Crippen molar-refractivity contribution < 1.29 is 50.0 Å². The molecule has 0 saturated heterocycles. The molecule has 0 atom stereocenters. The molecule has 0 aliphatic heterocycles. The molecule has 1 amide bonds. The van der Waals surface area contributed by atoms with Crippen LogP contribution in [0.3, 0.4) is 0 Å². The van der Waals surface area contributed by atoms with Crippen LogP contribution in [-0.2, 0) is 37.1 Å². The van der Waals surface area contributed by atoms with Gasteiger partial charge in [-0.05, 0) is 0 Å². The Balaban J connectivity index is 0.00000450. The van der Waals surface area contributed by atoms with Crippen molar-refractivity contribution in [1.29, 1.82) is 0 Å². The molecule has 0 saturated carbocycles. The standard InChI is InChI=1S/C16H14N4O8S.Cr/c1-9(21)14(16(23)17-10-5-3-2-4-6-10)19-18-12-7-11(20(24)25)8-13(15(12)22)29(26,27)28;/h2-8H,1H3,(H4,17,18,19,21,22,23,26,27,28);/q;+3/p-3. The molecule has 0 aliphatic rings. The minimum atomic E-state index is -5.33. The van der Waals surface area contributed by atoms with E-state index in [1.165, 1.54) is 12.1 Å². The third kappa shape index (κ3) is 6.09. The number of carbonyl (C=O) groups excluding carboxylic acids is 2. The van der Waals surface area contributed by atoms with E-state index in [0.717, 1.165) is 6.92 Å². The number of ketones is 1. The number of nitro groups is 1. The second kappa shape index (κ2) is 9.94. The van der Waals surface area contributed by atoms with Gasteiger partial charge in [0.25, 0.3) is 5.69 Å². The van der Waals surface area contributed by atoms with E-state index in [9.17, 15) is 37.8 Å². The van der Waals surface area contributed by atoms with Crippen molar-refractivity contribution in [1.82, 2.24) is 0 Å². The van der Waals surface area contributed by atoms with Gasteiger partial charge in [-0.2, -0.15) is 5.10 Å². The molecule has 12 nitrogen and oxygen atoms in total. The number of nitrogens with one attached hydrogen (secondary N) is 1. The Morgan fingerprint density at radius 1 is 1.17 bits per heavy atom. The van der Waals surface area contributed by atoms with Gasteiger partial charge in [0.2, 0.25) is 0 Å². The first-order valence-corrected chi connectivity index (χ1v) is 9.02. The first kappa shape index (κ1) is 24.7. The third-order valence-electron chi connectivity index (χ3n) is 3.33. The number of Topliss-reactive ketones (excluding diaryl/α,β-unsaturated/α-hetero) is 1. The van der Waals surface area contributed by atoms with Crippen molar-refractivity contribution in [2.24, 2.45) is 5.10 Å². The van der Waals surface area contributed by atoms with Crippen LogP contribution in [0.5, 0.6) is 5.75 Å². The van der Waals surface area contributed by atoms with Gasteiger partial charge in [-0.3, -0.25) is 20.3 Å². The molecule has 155 valence electrons. The monoisotopic (exact) mass is 471 g/mol. The SMILES string of the molecule is CC(=O)/C(=N\Nc1cc([N+](=O)[O-])cc(S(=O)(=O)[O-])c1[O-])C(=O)[N-]c1ccccc1.[Cr+3]. The average molecular weight is 471 g/mol. The molecule has 1 N–H and O–H groups in total. The molecule has 0 unspecified atom stereocenters. The van der Waals surface area contributed by atoms with Crippen LogP contribution in [0.4, 0.5) is 17.1 Å². The Bertz CT molecular complexity index is 1120. The molecule has 0 aliphatic carbocycles. The first-order valence-electron chi connectivity index (χ1n) is 7.62. The topological polar surface area (TPSA) is 196 Å². The summed E-state index contributed by atoms with van der Waals surface area (Å²) in [5.41, 5.74) is -0.289. The van der Waals surface area contributed by atoms with Crippen molar-refractivity contribution >= 4 is 44.6 Å². The second-order valence-electron chi connectivity index (χ2n) is 5.41. The van der Waals surface area contributed by atoms with Crippen molar-refractivity contribution in [2.75, 3.05) is 5.43 Å². The van der Waals surface area contributed by atoms with E-state index in [-0.39, 0.29) is 23.0 Å². The fourth-order valence-electron chi connectivity index (χ4n) is 2.03. The zero-order valence-electron chi connectivity index (χ0n) is 15.0. The number of hydrogen-bond donors (Lipinski definition) is 1. The fourth-order valence-corrected chi connectivity index (χ4v) is 2.63. The predicted molar refractivity (Wildman–Crippen MR) is 96.7 cm³/mol. The molecule has 0 aromatic heterocycles. The van der Waals surface area contributed by atoms with Gasteiger partial charge in [0.1, 0.15) is 16.0 Å². The molecule has 0 bridgehead atoms. The zero-order chi connectivity index (χ0) is 21.8. The van der Waals surface area contributed by atoms with Crippen molar-refractivity contribution in [2.45, 2.75) is 11.8 Å². The van der Waals surface area contributed by atoms with Crippen LogP contribution in [0, 0.1) is 10.1 Å². The molecular formula is C16H11CrN4O8S. The summed E-state index contributed by atoms with van der Waals surface area (Å²) in [6, 6.07) is 8.72. The number of anilines is 1. The Hall–Kier alpha value is -3.31. The summed E-state index contributed by atoms with van der Waals surface area (Å²) in [4.78, 5) is 32.4. The van der Waals surface area contributed by atoms with Crippen LogP contribution in [-0.4, -0.2) is 35.3 Å². The Kier molecular flexibility index (Phi) is 8.20. The molecule has 14 heteroatoms. The van der Waals surface area contributed by atoms with Gasteiger partial charge in [0.05, 0.1) is 15.5 Å². The molecule has 0 heterocycles. The number of non-ortho nitro benzene ring substituents is 1. The number of para-hydroxylation sites is 1. The minimum absolute atomic E-state index is 0. The Morgan fingerprint density at radius 3 is 2.27 bits per heavy atom. The molecule has 0 fully saturated rings. The molecule has 2 rings (SSSR count). The van der Waals surface area contributed by atoms with Crippen molar-refractivity contribution in [3.05, 3.63) is 57.9 Å². The minimum Gasteiger partial charge on any atom is -0.870 e. The van der Waals surface area contributed by atoms with Gasteiger partial charge in [0, 0.05) is 19.1 Å². The number of nitrogens with zero attached hydrogens (tertiary/aromatic N) is 3. The van der Waals surface area contributed by atoms with Crippen LogP contribution in [0.2, 0.25) is 0 Å². The number of carbonyl (C=O) groups is 2. The number of amides is 1. The maximum Gasteiger partial charge on any atom is 3.00 e. The maximum atomic E-state index is 12.2. The molecular weight excluding hydrogens is 460 g/mol. The van der Waals surface area contributed by atoms with E-state index < -0.39 is 54.5 Å². The molecule has 2 aromatic carbocycles. The summed E-state index contributed by atoms with van der Waals surface area (Å²) >= 11 is 0. The van der Waals surface area contributed by atoms with E-state index in [4.69, 9.17) is 0 Å². The van der Waals surface area contributed by atoms with E-state index in [1.807, 2.05) is 5.43 Å².